The Morgan fingerprint density at radius 2 is 2.38 bits per heavy atom. The van der Waals surface area contributed by atoms with Crippen LogP contribution in [0, 0.1) is 5.92 Å². The van der Waals surface area contributed by atoms with Crippen molar-refractivity contribution in [2.24, 2.45) is 5.92 Å². The van der Waals surface area contributed by atoms with Gasteiger partial charge in [0.1, 0.15) is 0 Å². The number of hydrogen-bond donors (Lipinski definition) is 2. The van der Waals surface area contributed by atoms with Crippen molar-refractivity contribution in [3.05, 3.63) is 23.2 Å². The zero-order valence-corrected chi connectivity index (χ0v) is 10.3. The van der Waals surface area contributed by atoms with Crippen molar-refractivity contribution in [1.82, 2.24) is 4.90 Å². The summed E-state index contributed by atoms with van der Waals surface area (Å²) in [5.74, 6) is 0.722. The topological polar surface area (TPSA) is 41.3 Å². The largest absolute Gasteiger partial charge is 0.397 e. The number of nitrogens with two attached hydrogens (primary N) is 1. The van der Waals surface area contributed by atoms with Crippen LogP contribution in [-0.2, 0) is 0 Å². The number of likely N-dealkylation sites (tertiary alicyclic amines) is 1. The van der Waals surface area contributed by atoms with Crippen LogP contribution in [0.3, 0.4) is 0 Å². The summed E-state index contributed by atoms with van der Waals surface area (Å²) in [5.41, 5.74) is 7.58. The quantitative estimate of drug-likeness (QED) is 0.796. The summed E-state index contributed by atoms with van der Waals surface area (Å²) in [4.78, 5) is 2.36. The molecule has 16 heavy (non-hydrogen) atoms. The fourth-order valence-corrected chi connectivity index (χ4v) is 2.32. The van der Waals surface area contributed by atoms with E-state index in [9.17, 15) is 0 Å². The molecule has 0 amide bonds. The molecule has 1 aliphatic rings. The Labute approximate surface area is 102 Å². The molecule has 3 nitrogen and oxygen atoms in total. The average Bonchev–Trinajstić information content (AvgIpc) is 2.63. The zero-order valence-electron chi connectivity index (χ0n) is 9.54. The second-order valence-corrected chi connectivity index (χ2v) is 4.97. The molecule has 0 spiro atoms. The lowest BCUT2D eigenvalue weighted by atomic mass is 10.1. The van der Waals surface area contributed by atoms with E-state index in [0.29, 0.717) is 5.02 Å². The van der Waals surface area contributed by atoms with Gasteiger partial charge >= 0.3 is 0 Å². The predicted octanol–water partition coefficient (Wildman–Crippen LogP) is 2.29. The van der Waals surface area contributed by atoms with Gasteiger partial charge in [-0.05, 0) is 44.1 Å². The third kappa shape index (κ3) is 2.80. The van der Waals surface area contributed by atoms with Crippen LogP contribution >= 0.6 is 11.6 Å². The fourth-order valence-electron chi connectivity index (χ4n) is 2.14. The molecule has 1 unspecified atom stereocenters. The second-order valence-electron chi connectivity index (χ2n) is 4.53. The third-order valence-corrected chi connectivity index (χ3v) is 3.32. The molecule has 0 bridgehead atoms. The van der Waals surface area contributed by atoms with E-state index < -0.39 is 0 Å². The van der Waals surface area contributed by atoms with E-state index in [1.54, 1.807) is 6.07 Å². The molecule has 88 valence electrons. The molecule has 1 aromatic carbocycles. The maximum absolute atomic E-state index is 5.88. The molecular weight excluding hydrogens is 222 g/mol. The van der Waals surface area contributed by atoms with Crippen molar-refractivity contribution in [3.63, 3.8) is 0 Å². The highest BCUT2D eigenvalue weighted by atomic mass is 35.5. The Morgan fingerprint density at radius 1 is 1.56 bits per heavy atom. The minimum Gasteiger partial charge on any atom is -0.397 e. The minimum absolute atomic E-state index is 0.684. The lowest BCUT2D eigenvalue weighted by Crippen LogP contribution is -2.19. The molecule has 2 rings (SSSR count). The monoisotopic (exact) mass is 239 g/mol. The Bertz CT molecular complexity index is 367. The van der Waals surface area contributed by atoms with Gasteiger partial charge < -0.3 is 16.0 Å². The van der Waals surface area contributed by atoms with Gasteiger partial charge in [-0.3, -0.25) is 0 Å². The van der Waals surface area contributed by atoms with Gasteiger partial charge in [-0.1, -0.05) is 11.6 Å². The van der Waals surface area contributed by atoms with E-state index in [4.69, 9.17) is 17.3 Å². The number of benzene rings is 1. The van der Waals surface area contributed by atoms with E-state index >= 15 is 0 Å². The van der Waals surface area contributed by atoms with Gasteiger partial charge in [0.15, 0.2) is 0 Å². The smallest absolute Gasteiger partial charge is 0.0575 e. The molecule has 0 saturated carbocycles. The van der Waals surface area contributed by atoms with Gasteiger partial charge in [0, 0.05) is 18.1 Å². The molecule has 1 fully saturated rings. The molecule has 0 aliphatic carbocycles. The molecule has 0 radical (unpaired) electrons. The Hall–Kier alpha value is -0.930. The average molecular weight is 240 g/mol. The van der Waals surface area contributed by atoms with Crippen LogP contribution in [0.5, 0.6) is 0 Å². The summed E-state index contributed by atoms with van der Waals surface area (Å²) in [7, 11) is 2.16. The first-order chi connectivity index (χ1) is 7.65. The van der Waals surface area contributed by atoms with Crippen LogP contribution in [-0.4, -0.2) is 31.6 Å². The van der Waals surface area contributed by atoms with Crippen molar-refractivity contribution in [2.75, 3.05) is 37.7 Å². The highest BCUT2D eigenvalue weighted by Gasteiger charge is 2.18. The first kappa shape index (κ1) is 11.6. The predicted molar refractivity (Wildman–Crippen MR) is 70.0 cm³/mol. The van der Waals surface area contributed by atoms with Gasteiger partial charge in [-0.15, -0.1) is 0 Å². The lowest BCUT2D eigenvalue weighted by Gasteiger charge is -2.14. The number of nitrogens with one attached hydrogen (secondary N) is 1. The number of halogens is 1. The van der Waals surface area contributed by atoms with Crippen LogP contribution in [0.2, 0.25) is 5.02 Å². The van der Waals surface area contributed by atoms with Crippen molar-refractivity contribution in [2.45, 2.75) is 6.42 Å². The normalized spacial score (nSPS) is 21.2. The highest BCUT2D eigenvalue weighted by molar-refractivity contribution is 6.31. The van der Waals surface area contributed by atoms with Crippen molar-refractivity contribution in [3.8, 4) is 0 Å². The lowest BCUT2D eigenvalue weighted by molar-refractivity contribution is 0.399. The molecule has 1 aliphatic heterocycles. The molecule has 1 saturated heterocycles. The molecule has 4 heteroatoms. The van der Waals surface area contributed by atoms with E-state index in [2.05, 4.69) is 17.3 Å². The summed E-state index contributed by atoms with van der Waals surface area (Å²) in [6.45, 7) is 3.35. The number of hydrogen-bond acceptors (Lipinski definition) is 3. The van der Waals surface area contributed by atoms with Crippen LogP contribution in [0.15, 0.2) is 18.2 Å². The molecule has 1 atom stereocenters. The van der Waals surface area contributed by atoms with Crippen molar-refractivity contribution in [1.29, 1.82) is 0 Å². The van der Waals surface area contributed by atoms with Crippen LogP contribution < -0.4 is 11.1 Å². The standard InChI is InChI=1S/C12H18ClN3/c1-16-5-4-9(8-16)7-15-12-3-2-10(13)6-11(12)14/h2-3,6,9,15H,4-5,7-8,14H2,1H3. The highest BCUT2D eigenvalue weighted by Crippen LogP contribution is 2.23. The molecular formula is C12H18ClN3. The Morgan fingerprint density at radius 3 is 3.00 bits per heavy atom. The maximum atomic E-state index is 5.88. The third-order valence-electron chi connectivity index (χ3n) is 3.08. The van der Waals surface area contributed by atoms with E-state index in [1.165, 1.54) is 19.5 Å². The molecule has 3 N–H and O–H groups in total. The van der Waals surface area contributed by atoms with Crippen LogP contribution in [0.25, 0.3) is 0 Å². The summed E-state index contributed by atoms with van der Waals surface area (Å²) < 4.78 is 0. The first-order valence-corrected chi connectivity index (χ1v) is 6.00. The van der Waals surface area contributed by atoms with E-state index in [0.717, 1.165) is 23.8 Å². The van der Waals surface area contributed by atoms with Gasteiger partial charge in [0.05, 0.1) is 11.4 Å². The number of rotatable bonds is 3. The van der Waals surface area contributed by atoms with Crippen LogP contribution in [0.1, 0.15) is 6.42 Å². The summed E-state index contributed by atoms with van der Waals surface area (Å²) in [5, 5.41) is 4.08. The summed E-state index contributed by atoms with van der Waals surface area (Å²) in [6, 6.07) is 5.59. The second kappa shape index (κ2) is 4.93. The van der Waals surface area contributed by atoms with Crippen molar-refractivity contribution >= 4 is 23.0 Å². The summed E-state index contributed by atoms with van der Waals surface area (Å²) in [6.07, 6.45) is 1.26. The molecule has 0 aromatic heterocycles. The van der Waals surface area contributed by atoms with Crippen molar-refractivity contribution < 1.29 is 0 Å². The SMILES string of the molecule is CN1CCC(CNc2ccc(Cl)cc2N)C1. The number of nitrogen functional groups attached to an aromatic ring is 1. The molecule has 1 heterocycles. The van der Waals surface area contributed by atoms with Gasteiger partial charge in [0.2, 0.25) is 0 Å². The maximum Gasteiger partial charge on any atom is 0.0575 e. The zero-order chi connectivity index (χ0) is 11.5. The Balaban J connectivity index is 1.89. The van der Waals surface area contributed by atoms with Gasteiger partial charge in [-0.25, -0.2) is 0 Å². The summed E-state index contributed by atoms with van der Waals surface area (Å²) >= 11 is 5.85. The number of nitrogens with zero attached hydrogens (tertiary/aromatic N) is 1. The van der Waals surface area contributed by atoms with Crippen LogP contribution in [0.4, 0.5) is 11.4 Å². The van der Waals surface area contributed by atoms with E-state index in [1.807, 2.05) is 12.1 Å². The van der Waals surface area contributed by atoms with E-state index in [-0.39, 0.29) is 0 Å². The molecule has 1 aromatic rings. The van der Waals surface area contributed by atoms with Gasteiger partial charge in [-0.2, -0.15) is 0 Å². The fraction of sp³-hybridized carbons (Fsp3) is 0.500. The number of anilines is 2. The first-order valence-electron chi connectivity index (χ1n) is 5.62. The van der Waals surface area contributed by atoms with Gasteiger partial charge in [0.25, 0.3) is 0 Å². The minimum atomic E-state index is 0.684. The Kier molecular flexibility index (Phi) is 3.56.